The van der Waals surface area contributed by atoms with E-state index in [0.717, 1.165) is 17.7 Å². The van der Waals surface area contributed by atoms with Crippen molar-refractivity contribution in [2.45, 2.75) is 19.1 Å². The van der Waals surface area contributed by atoms with Crippen molar-refractivity contribution in [3.8, 4) is 11.3 Å². The van der Waals surface area contributed by atoms with Crippen molar-refractivity contribution in [2.75, 3.05) is 0 Å². The molecule has 2 aromatic rings. The van der Waals surface area contributed by atoms with E-state index in [0.29, 0.717) is 11.3 Å². The van der Waals surface area contributed by atoms with Crippen LogP contribution >= 0.6 is 0 Å². The minimum absolute atomic E-state index is 0.150. The summed E-state index contributed by atoms with van der Waals surface area (Å²) in [6.07, 6.45) is -2.76. The maximum atomic E-state index is 12.6. The fourth-order valence-electron chi connectivity index (χ4n) is 1.70. The van der Waals surface area contributed by atoms with Gasteiger partial charge in [0.1, 0.15) is 0 Å². The number of alkyl halides is 3. The Morgan fingerprint density at radius 3 is 2.42 bits per heavy atom. The Hall–Kier alpha value is -1.88. The van der Waals surface area contributed by atoms with Crippen molar-refractivity contribution in [3.05, 3.63) is 53.7 Å². The lowest BCUT2D eigenvalue weighted by molar-refractivity contribution is -0.137. The molecular weight excluding hydrogens is 253 g/mol. The largest absolute Gasteiger partial charge is 0.416 e. The van der Waals surface area contributed by atoms with Crippen molar-refractivity contribution in [2.24, 2.45) is 5.73 Å². The monoisotopic (exact) mass is 266 g/mol. The Balaban J connectivity index is 2.37. The number of nitrogens with two attached hydrogens (primary N) is 1. The van der Waals surface area contributed by atoms with Crippen LogP contribution in [0.2, 0.25) is 0 Å². The van der Waals surface area contributed by atoms with Crippen molar-refractivity contribution < 1.29 is 13.2 Å². The lowest BCUT2D eigenvalue weighted by Crippen LogP contribution is -2.06. The van der Waals surface area contributed by atoms with Crippen LogP contribution in [0, 0.1) is 0 Å². The Morgan fingerprint density at radius 2 is 1.89 bits per heavy atom. The van der Waals surface area contributed by atoms with Gasteiger partial charge in [-0.15, -0.1) is 0 Å². The number of aromatic nitrogens is 1. The molecule has 100 valence electrons. The first-order valence-electron chi connectivity index (χ1n) is 5.77. The fourth-order valence-corrected chi connectivity index (χ4v) is 1.70. The minimum atomic E-state index is -4.35. The molecule has 2 N–H and O–H groups in total. The third-order valence-electron chi connectivity index (χ3n) is 2.80. The lowest BCUT2D eigenvalue weighted by atomic mass is 10.1. The van der Waals surface area contributed by atoms with Crippen molar-refractivity contribution in [1.29, 1.82) is 0 Å². The third-order valence-corrected chi connectivity index (χ3v) is 2.80. The molecule has 19 heavy (non-hydrogen) atoms. The van der Waals surface area contributed by atoms with Crippen molar-refractivity contribution in [3.63, 3.8) is 0 Å². The molecule has 0 fully saturated rings. The van der Waals surface area contributed by atoms with Gasteiger partial charge >= 0.3 is 6.18 Å². The van der Waals surface area contributed by atoms with Crippen LogP contribution in [0.3, 0.4) is 0 Å². The molecular formula is C14H13F3N2. The van der Waals surface area contributed by atoms with Crippen molar-refractivity contribution in [1.82, 2.24) is 4.98 Å². The Morgan fingerprint density at radius 1 is 1.16 bits per heavy atom. The molecule has 0 aliphatic carbocycles. The quantitative estimate of drug-likeness (QED) is 0.898. The summed E-state index contributed by atoms with van der Waals surface area (Å²) in [5.41, 5.74) is 6.79. The summed E-state index contributed by atoms with van der Waals surface area (Å²) in [6, 6.07) is 8.40. The predicted molar refractivity (Wildman–Crippen MR) is 67.3 cm³/mol. The standard InChI is InChI=1S/C14H13F3N2/c1-9(18)11-5-6-13(19-8-11)10-3-2-4-12(7-10)14(15,16)17/h2-9H,18H2,1H3/t9-/m0/s1. The third kappa shape index (κ3) is 3.12. The molecule has 0 aliphatic heterocycles. The summed E-state index contributed by atoms with van der Waals surface area (Å²) in [5.74, 6) is 0. The molecule has 1 aromatic carbocycles. The number of halogens is 3. The second kappa shape index (κ2) is 5.01. The molecule has 0 saturated heterocycles. The predicted octanol–water partition coefficient (Wildman–Crippen LogP) is 3.79. The van der Waals surface area contributed by atoms with E-state index in [4.69, 9.17) is 5.73 Å². The molecule has 1 heterocycles. The highest BCUT2D eigenvalue weighted by atomic mass is 19.4. The van der Waals surface area contributed by atoms with Crippen LogP contribution in [0.25, 0.3) is 11.3 Å². The molecule has 0 spiro atoms. The van der Waals surface area contributed by atoms with Gasteiger partial charge in [-0.1, -0.05) is 18.2 Å². The summed E-state index contributed by atoms with van der Waals surface area (Å²) in [6.45, 7) is 1.82. The highest BCUT2D eigenvalue weighted by Gasteiger charge is 2.30. The Bertz CT molecular complexity index is 560. The van der Waals surface area contributed by atoms with E-state index in [1.807, 2.05) is 6.92 Å². The number of benzene rings is 1. The zero-order chi connectivity index (χ0) is 14.0. The molecule has 2 nitrogen and oxygen atoms in total. The van der Waals surface area contributed by atoms with Crippen LogP contribution in [-0.4, -0.2) is 4.98 Å². The molecule has 1 atom stereocenters. The maximum absolute atomic E-state index is 12.6. The van der Waals surface area contributed by atoms with E-state index in [1.54, 1.807) is 24.4 Å². The first kappa shape index (κ1) is 13.5. The van der Waals surface area contributed by atoms with E-state index in [2.05, 4.69) is 4.98 Å². The molecule has 0 radical (unpaired) electrons. The van der Waals surface area contributed by atoms with E-state index in [9.17, 15) is 13.2 Å². The summed E-state index contributed by atoms with van der Waals surface area (Å²) in [7, 11) is 0. The zero-order valence-electron chi connectivity index (χ0n) is 10.3. The highest BCUT2D eigenvalue weighted by molar-refractivity contribution is 5.60. The van der Waals surface area contributed by atoms with Crippen LogP contribution in [0.15, 0.2) is 42.6 Å². The average molecular weight is 266 g/mol. The van der Waals surface area contributed by atoms with Gasteiger partial charge in [0.2, 0.25) is 0 Å². The van der Waals surface area contributed by atoms with E-state index in [-0.39, 0.29) is 6.04 Å². The lowest BCUT2D eigenvalue weighted by Gasteiger charge is -2.09. The molecule has 5 heteroatoms. The second-order valence-electron chi connectivity index (χ2n) is 4.34. The SMILES string of the molecule is C[C@H](N)c1ccc(-c2cccc(C(F)(F)F)c2)nc1. The van der Waals surface area contributed by atoms with Gasteiger partial charge in [-0.3, -0.25) is 4.98 Å². The summed E-state index contributed by atoms with van der Waals surface area (Å²) in [4.78, 5) is 4.15. The molecule has 1 aromatic heterocycles. The van der Waals surface area contributed by atoms with Crippen molar-refractivity contribution >= 4 is 0 Å². The van der Waals surface area contributed by atoms with Gasteiger partial charge in [-0.2, -0.15) is 13.2 Å². The number of hydrogen-bond acceptors (Lipinski definition) is 2. The van der Waals surface area contributed by atoms with E-state index < -0.39 is 11.7 Å². The maximum Gasteiger partial charge on any atom is 0.416 e. The van der Waals surface area contributed by atoms with Crippen LogP contribution in [0.5, 0.6) is 0 Å². The average Bonchev–Trinajstić information content (AvgIpc) is 2.38. The highest BCUT2D eigenvalue weighted by Crippen LogP contribution is 2.31. The summed E-state index contributed by atoms with van der Waals surface area (Å²) >= 11 is 0. The second-order valence-corrected chi connectivity index (χ2v) is 4.34. The van der Waals surface area contributed by atoms with Gasteiger partial charge in [0, 0.05) is 17.8 Å². The van der Waals surface area contributed by atoms with Gasteiger partial charge in [0.25, 0.3) is 0 Å². The molecule has 2 rings (SSSR count). The molecule has 0 aliphatic rings. The first-order valence-corrected chi connectivity index (χ1v) is 5.77. The van der Waals surface area contributed by atoms with Gasteiger partial charge in [-0.25, -0.2) is 0 Å². The van der Waals surface area contributed by atoms with Gasteiger partial charge in [0.15, 0.2) is 0 Å². The van der Waals surface area contributed by atoms with Crippen LogP contribution in [-0.2, 0) is 6.18 Å². The van der Waals surface area contributed by atoms with Gasteiger partial charge < -0.3 is 5.73 Å². The number of pyridine rings is 1. The zero-order valence-corrected chi connectivity index (χ0v) is 10.3. The number of hydrogen-bond donors (Lipinski definition) is 1. The first-order chi connectivity index (χ1) is 8.88. The molecule has 0 saturated carbocycles. The van der Waals surface area contributed by atoms with Crippen LogP contribution in [0.4, 0.5) is 13.2 Å². The van der Waals surface area contributed by atoms with E-state index >= 15 is 0 Å². The van der Waals surface area contributed by atoms with Gasteiger partial charge in [-0.05, 0) is 30.7 Å². The fraction of sp³-hybridized carbons (Fsp3) is 0.214. The van der Waals surface area contributed by atoms with Gasteiger partial charge in [0.05, 0.1) is 11.3 Å². The molecule has 0 bridgehead atoms. The number of nitrogens with zero attached hydrogens (tertiary/aromatic N) is 1. The van der Waals surface area contributed by atoms with Crippen LogP contribution < -0.4 is 5.73 Å². The normalized spacial score (nSPS) is 13.3. The van der Waals surface area contributed by atoms with E-state index in [1.165, 1.54) is 6.07 Å². The number of rotatable bonds is 2. The van der Waals surface area contributed by atoms with Crippen LogP contribution in [0.1, 0.15) is 24.1 Å². The molecule has 0 unspecified atom stereocenters. The minimum Gasteiger partial charge on any atom is -0.324 e. The topological polar surface area (TPSA) is 38.9 Å². The Labute approximate surface area is 109 Å². The smallest absolute Gasteiger partial charge is 0.324 e. The molecule has 0 amide bonds. The Kier molecular flexibility index (Phi) is 3.57. The summed E-state index contributed by atoms with van der Waals surface area (Å²) < 4.78 is 37.8. The summed E-state index contributed by atoms with van der Waals surface area (Å²) in [5, 5.41) is 0.